The highest BCUT2D eigenvalue weighted by Gasteiger charge is 2.25. The van der Waals surface area contributed by atoms with Crippen molar-refractivity contribution in [2.24, 2.45) is 0 Å². The zero-order valence-electron chi connectivity index (χ0n) is 19.3. The molecule has 0 atom stereocenters. The Labute approximate surface area is 201 Å². The molecule has 0 N–H and O–H groups in total. The van der Waals surface area contributed by atoms with Gasteiger partial charge in [0, 0.05) is 43.8 Å². The third-order valence-corrected chi connectivity index (χ3v) is 8.09. The van der Waals surface area contributed by atoms with Crippen LogP contribution in [0, 0.1) is 0 Å². The average Bonchev–Trinajstić information content (AvgIpc) is 3.23. The maximum absolute atomic E-state index is 13.7. The predicted molar refractivity (Wildman–Crippen MR) is 135 cm³/mol. The van der Waals surface area contributed by atoms with Crippen molar-refractivity contribution in [2.45, 2.75) is 18.0 Å². The van der Waals surface area contributed by atoms with Crippen LogP contribution in [0.3, 0.4) is 0 Å². The maximum atomic E-state index is 13.7. The van der Waals surface area contributed by atoms with Crippen molar-refractivity contribution in [2.75, 3.05) is 33.2 Å². The lowest BCUT2D eigenvalue weighted by Crippen LogP contribution is -2.44. The number of hydrogen-bond acceptors (Lipinski definition) is 5. The summed E-state index contributed by atoms with van der Waals surface area (Å²) in [5.74, 6) is 0.719. The van der Waals surface area contributed by atoms with Gasteiger partial charge in [0.2, 0.25) is 0 Å². The van der Waals surface area contributed by atoms with Crippen LogP contribution >= 0.6 is 0 Å². The molecule has 1 saturated heterocycles. The minimum absolute atomic E-state index is 0.288. The second-order valence-corrected chi connectivity index (χ2v) is 10.6. The number of hydrogen-bond donors (Lipinski definition) is 0. The molecule has 176 valence electrons. The Kier molecular flexibility index (Phi) is 6.41. The maximum Gasteiger partial charge on any atom is 0.268 e. The second kappa shape index (κ2) is 9.62. The van der Waals surface area contributed by atoms with Crippen molar-refractivity contribution >= 4 is 20.9 Å². The van der Waals surface area contributed by atoms with Gasteiger partial charge in [-0.25, -0.2) is 12.4 Å². The lowest BCUT2D eigenvalue weighted by atomic mass is 10.2. The fourth-order valence-electron chi connectivity index (χ4n) is 4.38. The molecule has 0 aliphatic carbocycles. The first-order chi connectivity index (χ1) is 16.5. The molecule has 0 spiro atoms. The van der Waals surface area contributed by atoms with Crippen molar-refractivity contribution in [1.29, 1.82) is 0 Å². The molecule has 0 bridgehead atoms. The van der Waals surface area contributed by atoms with Gasteiger partial charge in [-0.15, -0.1) is 0 Å². The zero-order valence-corrected chi connectivity index (χ0v) is 20.1. The molecule has 0 saturated carbocycles. The molecule has 0 amide bonds. The molecule has 1 aliphatic heterocycles. The van der Waals surface area contributed by atoms with Crippen molar-refractivity contribution in [3.63, 3.8) is 0 Å². The molecular weight excluding hydrogens is 446 g/mol. The number of likely N-dealkylation sites (N-methyl/N-ethyl adjacent to an activating group) is 1. The van der Waals surface area contributed by atoms with Gasteiger partial charge in [-0.1, -0.05) is 48.5 Å². The van der Waals surface area contributed by atoms with Gasteiger partial charge < -0.3 is 9.64 Å². The van der Waals surface area contributed by atoms with Gasteiger partial charge in [0.1, 0.15) is 12.4 Å². The number of rotatable bonds is 7. The zero-order chi connectivity index (χ0) is 23.5. The molecule has 4 aromatic rings. The van der Waals surface area contributed by atoms with Crippen molar-refractivity contribution in [3.05, 3.63) is 96.2 Å². The van der Waals surface area contributed by atoms with Crippen LogP contribution in [-0.4, -0.2) is 55.4 Å². The van der Waals surface area contributed by atoms with E-state index in [1.807, 2.05) is 60.7 Å². The summed E-state index contributed by atoms with van der Waals surface area (Å²) in [7, 11) is -1.63. The topological polar surface area (TPSA) is 54.8 Å². The highest BCUT2D eigenvalue weighted by atomic mass is 32.2. The van der Waals surface area contributed by atoms with Crippen LogP contribution in [0.5, 0.6) is 5.75 Å². The van der Waals surface area contributed by atoms with Gasteiger partial charge in [0.05, 0.1) is 10.4 Å². The summed E-state index contributed by atoms with van der Waals surface area (Å²) in [6, 6.07) is 26.3. The van der Waals surface area contributed by atoms with E-state index in [0.717, 1.165) is 48.6 Å². The molecule has 0 unspecified atom stereocenters. The molecule has 1 fully saturated rings. The summed E-state index contributed by atoms with van der Waals surface area (Å²) in [6.45, 7) is 4.81. The second-order valence-electron chi connectivity index (χ2n) is 8.79. The Bertz CT molecular complexity index is 1360. The number of fused-ring (bicyclic) bond motifs is 1. The monoisotopic (exact) mass is 475 g/mol. The first kappa shape index (κ1) is 22.7. The van der Waals surface area contributed by atoms with Crippen LogP contribution in [0.1, 0.15) is 11.3 Å². The Balaban J connectivity index is 1.52. The summed E-state index contributed by atoms with van der Waals surface area (Å²) in [5.41, 5.74) is 2.52. The van der Waals surface area contributed by atoms with Crippen LogP contribution in [0.15, 0.2) is 89.8 Å². The van der Waals surface area contributed by atoms with E-state index in [2.05, 4.69) is 16.8 Å². The van der Waals surface area contributed by atoms with E-state index in [0.29, 0.717) is 18.7 Å². The largest absolute Gasteiger partial charge is 0.489 e. The Morgan fingerprint density at radius 2 is 1.50 bits per heavy atom. The van der Waals surface area contributed by atoms with Gasteiger partial charge in [-0.3, -0.25) is 4.90 Å². The lowest BCUT2D eigenvalue weighted by Gasteiger charge is -2.32. The van der Waals surface area contributed by atoms with Crippen molar-refractivity contribution in [1.82, 2.24) is 13.8 Å². The lowest BCUT2D eigenvalue weighted by molar-refractivity contribution is 0.147. The summed E-state index contributed by atoms with van der Waals surface area (Å²) in [4.78, 5) is 4.90. The van der Waals surface area contributed by atoms with E-state index in [4.69, 9.17) is 4.74 Å². The standard InChI is InChI=1S/C27H29N3O3S/c1-28-14-16-29(17-15-28)20-24-18-23-19-25(33-21-22-8-4-2-5-9-22)12-13-27(23)30(24)34(31,32)26-10-6-3-7-11-26/h2-13,18-19H,14-17,20-21H2,1H3. The van der Waals surface area contributed by atoms with Crippen molar-refractivity contribution < 1.29 is 13.2 Å². The number of ether oxygens (including phenoxy) is 1. The normalized spacial score (nSPS) is 15.6. The van der Waals surface area contributed by atoms with E-state index >= 15 is 0 Å². The molecule has 6 nitrogen and oxygen atoms in total. The van der Waals surface area contributed by atoms with E-state index < -0.39 is 10.0 Å². The van der Waals surface area contributed by atoms with Gasteiger partial charge >= 0.3 is 0 Å². The average molecular weight is 476 g/mol. The Hall–Kier alpha value is -3.13. The summed E-state index contributed by atoms with van der Waals surface area (Å²) in [6.07, 6.45) is 0. The quantitative estimate of drug-likeness (QED) is 0.401. The fourth-order valence-corrected chi connectivity index (χ4v) is 5.94. The highest BCUT2D eigenvalue weighted by molar-refractivity contribution is 7.90. The van der Waals surface area contributed by atoms with Crippen LogP contribution in [0.4, 0.5) is 0 Å². The first-order valence-electron chi connectivity index (χ1n) is 11.5. The summed E-state index contributed by atoms with van der Waals surface area (Å²) >= 11 is 0. The minimum Gasteiger partial charge on any atom is -0.489 e. The third-order valence-electron chi connectivity index (χ3n) is 6.31. The summed E-state index contributed by atoms with van der Waals surface area (Å²) in [5, 5.41) is 0.856. The Morgan fingerprint density at radius 1 is 0.824 bits per heavy atom. The van der Waals surface area contributed by atoms with Crippen molar-refractivity contribution in [3.8, 4) is 5.75 Å². The molecule has 2 heterocycles. The number of benzene rings is 3. The van der Waals surface area contributed by atoms with Crippen LogP contribution < -0.4 is 4.74 Å². The van der Waals surface area contributed by atoms with Crippen LogP contribution in [0.25, 0.3) is 10.9 Å². The molecule has 0 radical (unpaired) electrons. The molecular formula is C27H29N3O3S. The number of nitrogens with zero attached hydrogens (tertiary/aromatic N) is 3. The Morgan fingerprint density at radius 3 is 2.21 bits per heavy atom. The SMILES string of the molecule is CN1CCN(Cc2cc3cc(OCc4ccccc4)ccc3n2S(=O)(=O)c2ccccc2)CC1. The summed E-state index contributed by atoms with van der Waals surface area (Å²) < 4.78 is 35.0. The van der Waals surface area contributed by atoms with Crippen LogP contribution in [-0.2, 0) is 23.2 Å². The smallest absolute Gasteiger partial charge is 0.268 e. The highest BCUT2D eigenvalue weighted by Crippen LogP contribution is 2.30. The predicted octanol–water partition coefficient (Wildman–Crippen LogP) is 4.20. The molecule has 1 aromatic heterocycles. The fraction of sp³-hybridized carbons (Fsp3) is 0.259. The van der Waals surface area contributed by atoms with Gasteiger partial charge in [-0.2, -0.15) is 0 Å². The molecule has 7 heteroatoms. The van der Waals surface area contributed by atoms with E-state index in [-0.39, 0.29) is 4.90 Å². The van der Waals surface area contributed by atoms with Crippen LogP contribution in [0.2, 0.25) is 0 Å². The number of piperazine rings is 1. The van der Waals surface area contributed by atoms with Gasteiger partial charge in [0.25, 0.3) is 10.0 Å². The van der Waals surface area contributed by atoms with E-state index in [1.54, 1.807) is 24.3 Å². The third kappa shape index (κ3) is 4.73. The van der Waals surface area contributed by atoms with Gasteiger partial charge in [-0.05, 0) is 49.0 Å². The molecule has 1 aliphatic rings. The molecule has 3 aromatic carbocycles. The molecule has 34 heavy (non-hydrogen) atoms. The van der Waals surface area contributed by atoms with E-state index in [1.165, 1.54) is 3.97 Å². The minimum atomic E-state index is -3.74. The van der Waals surface area contributed by atoms with E-state index in [9.17, 15) is 8.42 Å². The number of aromatic nitrogens is 1. The van der Waals surface area contributed by atoms with Gasteiger partial charge in [0.15, 0.2) is 0 Å². The molecule has 5 rings (SSSR count). The first-order valence-corrected chi connectivity index (χ1v) is 13.0.